The third kappa shape index (κ3) is 6.78. The molecule has 1 aromatic rings. The fourth-order valence-corrected chi connectivity index (χ4v) is 0.918. The summed E-state index contributed by atoms with van der Waals surface area (Å²) in [7, 11) is -3.28. The van der Waals surface area contributed by atoms with Gasteiger partial charge < -0.3 is 24.8 Å². The van der Waals surface area contributed by atoms with Gasteiger partial charge in [-0.05, 0) is 6.07 Å². The van der Waals surface area contributed by atoms with Gasteiger partial charge in [-0.2, -0.15) is 0 Å². The molecule has 0 atom stereocenters. The van der Waals surface area contributed by atoms with Crippen molar-refractivity contribution in [3.05, 3.63) is 28.3 Å². The van der Waals surface area contributed by atoms with E-state index in [1.807, 2.05) is 0 Å². The molecule has 0 saturated heterocycles. The van der Waals surface area contributed by atoms with Crippen LogP contribution >= 0.6 is 7.82 Å². The summed E-state index contributed by atoms with van der Waals surface area (Å²) in [6, 6.07) is 4.28. The molecule has 0 bridgehead atoms. The van der Waals surface area contributed by atoms with Crippen LogP contribution in [-0.2, 0) is 4.57 Å². The Labute approximate surface area is 101 Å². The number of ether oxygens (including phenoxy) is 1. The van der Waals surface area contributed by atoms with Crippen molar-refractivity contribution < 1.29 is 28.9 Å². The van der Waals surface area contributed by atoms with Crippen LogP contribution < -0.4 is 16.0 Å². The number of nitrogens with two attached hydrogens (primary N) is 1. The lowest BCUT2D eigenvalue weighted by atomic mass is 10.2. The average molecular weight is 281 g/mol. The number of nitrogens with zero attached hydrogens (tertiary/aromatic N) is 1. The van der Waals surface area contributed by atoms with Crippen molar-refractivity contribution >= 4 is 19.2 Å². The van der Waals surface area contributed by atoms with Gasteiger partial charge in [0.2, 0.25) is 0 Å². The molecule has 0 aliphatic heterocycles. The summed E-state index contributed by atoms with van der Waals surface area (Å²) in [6.45, 7) is 0. The number of benzene rings is 1. The molecule has 0 unspecified atom stereocenters. The number of nitro benzene ring substituents is 1. The highest BCUT2D eigenvalue weighted by Gasteiger charge is 2.13. The fraction of sp³-hybridized carbons (Fsp3) is 0.143. The Morgan fingerprint density at radius 1 is 1.44 bits per heavy atom. The van der Waals surface area contributed by atoms with Crippen molar-refractivity contribution in [1.29, 1.82) is 0 Å². The van der Waals surface area contributed by atoms with Crippen LogP contribution in [0.1, 0.15) is 0 Å². The Morgan fingerprint density at radius 2 is 1.94 bits per heavy atom. The first-order valence-electron chi connectivity index (χ1n) is 4.26. The Kier molecular flexibility index (Phi) is 6.23. The second-order valence-corrected chi connectivity index (χ2v) is 3.83. The molecule has 0 spiro atoms. The van der Waals surface area contributed by atoms with Crippen LogP contribution in [-0.4, -0.2) is 26.7 Å². The molecule has 0 aliphatic carbocycles. The Morgan fingerprint density at radius 3 is 2.28 bits per heavy atom. The zero-order valence-corrected chi connectivity index (χ0v) is 10.1. The van der Waals surface area contributed by atoms with Crippen molar-refractivity contribution in [3.63, 3.8) is 0 Å². The lowest BCUT2D eigenvalue weighted by molar-refractivity contribution is -0.385. The van der Waals surface area contributed by atoms with Gasteiger partial charge in [-0.3, -0.25) is 16.0 Å². The zero-order chi connectivity index (χ0) is 14.3. The number of nitro groups is 1. The van der Waals surface area contributed by atoms with E-state index >= 15 is 0 Å². The molecule has 1 aromatic carbocycles. The monoisotopic (exact) mass is 281 g/mol. The average Bonchev–Trinajstić information content (AvgIpc) is 2.25. The zero-order valence-electron chi connectivity index (χ0n) is 9.18. The maximum Gasteiger partial charge on any atom is 0.466 e. The smallest absolute Gasteiger partial charge is 0.466 e. The summed E-state index contributed by atoms with van der Waals surface area (Å²) < 4.78 is 13.7. The third-order valence-electron chi connectivity index (χ3n) is 1.54. The molecule has 11 heteroatoms. The molecule has 18 heavy (non-hydrogen) atoms. The molecule has 102 valence electrons. The van der Waals surface area contributed by atoms with Gasteiger partial charge in [0.15, 0.2) is 5.75 Å². The normalized spacial score (nSPS) is 10.1. The van der Waals surface area contributed by atoms with E-state index in [0.29, 0.717) is 5.69 Å². The van der Waals surface area contributed by atoms with Gasteiger partial charge in [0, 0.05) is 12.1 Å². The second kappa shape index (κ2) is 6.89. The number of rotatable bonds is 3. The summed E-state index contributed by atoms with van der Waals surface area (Å²) in [4.78, 5) is 31.5. The van der Waals surface area contributed by atoms with E-state index in [0.717, 1.165) is 0 Å². The van der Waals surface area contributed by atoms with Gasteiger partial charge in [-0.1, -0.05) is 0 Å². The number of hydrogen-bond acceptors (Lipinski definition) is 6. The van der Waals surface area contributed by atoms with Crippen LogP contribution in [0.3, 0.4) is 0 Å². The number of phosphoric acid groups is 1. The molecule has 0 amide bonds. The van der Waals surface area contributed by atoms with Crippen LogP contribution in [0.25, 0.3) is 0 Å². The Bertz CT molecular complexity index is 452. The van der Waals surface area contributed by atoms with Crippen molar-refractivity contribution in [2.24, 2.45) is 5.84 Å². The molecule has 0 fully saturated rings. The first-order chi connectivity index (χ1) is 8.19. The predicted octanol–water partition coefficient (Wildman–Crippen LogP) is -0.0396. The fourth-order valence-electron chi connectivity index (χ4n) is 0.918. The lowest BCUT2D eigenvalue weighted by Gasteiger charge is -2.03. The third-order valence-corrected chi connectivity index (χ3v) is 1.54. The lowest BCUT2D eigenvalue weighted by Crippen LogP contribution is -2.06. The number of hydrogen-bond donors (Lipinski definition) is 5. The molecule has 0 saturated carbocycles. The molecule has 0 heterocycles. The van der Waals surface area contributed by atoms with Crippen LogP contribution in [0.15, 0.2) is 18.2 Å². The number of nitrogen functional groups attached to an aromatic ring is 1. The second-order valence-electron chi connectivity index (χ2n) is 2.80. The minimum absolute atomic E-state index is 0.0819. The minimum atomic E-state index is -4.64. The standard InChI is InChI=1S/C7H9N3O3.H3O4P/c1-13-7-4-5(9-8)2-3-6(7)10(11)12;1-5(2,3)4/h2-4,9H,8H2,1H3;(H3,1,2,3,4). The highest BCUT2D eigenvalue weighted by atomic mass is 31.2. The maximum atomic E-state index is 10.5. The summed E-state index contributed by atoms with van der Waals surface area (Å²) in [5.41, 5.74) is 2.84. The molecule has 0 radical (unpaired) electrons. The summed E-state index contributed by atoms with van der Waals surface area (Å²) in [5, 5.41) is 10.5. The summed E-state index contributed by atoms with van der Waals surface area (Å²) in [6.07, 6.45) is 0. The van der Waals surface area contributed by atoms with E-state index in [-0.39, 0.29) is 11.4 Å². The predicted molar refractivity (Wildman–Crippen MR) is 61.7 cm³/mol. The Hall–Kier alpha value is -1.71. The summed E-state index contributed by atoms with van der Waals surface area (Å²) >= 11 is 0. The molecule has 6 N–H and O–H groups in total. The summed E-state index contributed by atoms with van der Waals surface area (Å²) in [5.74, 6) is 5.31. The molecule has 0 aliphatic rings. The van der Waals surface area contributed by atoms with Crippen molar-refractivity contribution in [3.8, 4) is 5.75 Å². The van der Waals surface area contributed by atoms with Gasteiger partial charge in [-0.15, -0.1) is 0 Å². The van der Waals surface area contributed by atoms with E-state index in [4.69, 9.17) is 29.8 Å². The SMILES string of the molecule is COc1cc(NN)ccc1[N+](=O)[O-].O=P(O)(O)O. The molecule has 10 nitrogen and oxygen atoms in total. The molecule has 0 aromatic heterocycles. The largest absolute Gasteiger partial charge is 0.490 e. The van der Waals surface area contributed by atoms with E-state index < -0.39 is 12.7 Å². The van der Waals surface area contributed by atoms with Crippen molar-refractivity contribution in [2.75, 3.05) is 12.5 Å². The maximum absolute atomic E-state index is 10.5. The molecular weight excluding hydrogens is 269 g/mol. The molecule has 1 rings (SSSR count). The van der Waals surface area contributed by atoms with E-state index in [1.54, 1.807) is 0 Å². The van der Waals surface area contributed by atoms with Gasteiger partial charge >= 0.3 is 13.5 Å². The minimum Gasteiger partial charge on any atom is -0.490 e. The first kappa shape index (κ1) is 16.3. The van der Waals surface area contributed by atoms with Gasteiger partial charge in [0.05, 0.1) is 17.7 Å². The number of nitrogens with one attached hydrogen (secondary N) is 1. The van der Waals surface area contributed by atoms with E-state index in [2.05, 4.69) is 5.43 Å². The highest BCUT2D eigenvalue weighted by molar-refractivity contribution is 7.45. The van der Waals surface area contributed by atoms with Crippen molar-refractivity contribution in [2.45, 2.75) is 0 Å². The van der Waals surface area contributed by atoms with E-state index in [1.165, 1.54) is 25.3 Å². The first-order valence-corrected chi connectivity index (χ1v) is 5.83. The number of anilines is 1. The van der Waals surface area contributed by atoms with E-state index in [9.17, 15) is 10.1 Å². The van der Waals surface area contributed by atoms with Gasteiger partial charge in [0.25, 0.3) is 0 Å². The van der Waals surface area contributed by atoms with Crippen LogP contribution in [0, 0.1) is 10.1 Å². The number of methoxy groups -OCH3 is 1. The van der Waals surface area contributed by atoms with Crippen molar-refractivity contribution in [1.82, 2.24) is 0 Å². The van der Waals surface area contributed by atoms with Gasteiger partial charge in [-0.25, -0.2) is 4.57 Å². The Balaban J connectivity index is 0.000000494. The van der Waals surface area contributed by atoms with Gasteiger partial charge in [0.1, 0.15) is 0 Å². The quantitative estimate of drug-likeness (QED) is 0.221. The number of hydrazine groups is 1. The van der Waals surface area contributed by atoms with Crippen LogP contribution in [0.2, 0.25) is 0 Å². The topological polar surface area (TPSA) is 168 Å². The van der Waals surface area contributed by atoms with Crippen LogP contribution in [0.5, 0.6) is 5.75 Å². The highest BCUT2D eigenvalue weighted by Crippen LogP contribution is 2.29. The molecular formula is C7H12N3O7P. The van der Waals surface area contributed by atoms with Crippen LogP contribution in [0.4, 0.5) is 11.4 Å².